The number of ketones is 1. The number of rotatable bonds is 22. The summed E-state index contributed by atoms with van der Waals surface area (Å²) in [6.07, 6.45) is -0.714. The lowest BCUT2D eigenvalue weighted by Crippen LogP contribution is -2.17. The van der Waals surface area contributed by atoms with Crippen molar-refractivity contribution in [3.8, 4) is 0 Å². The van der Waals surface area contributed by atoms with Crippen LogP contribution in [0.15, 0.2) is 18.2 Å². The highest BCUT2D eigenvalue weighted by Gasteiger charge is 2.19. The van der Waals surface area contributed by atoms with Gasteiger partial charge < -0.3 is 34.1 Å². The third-order valence-corrected chi connectivity index (χ3v) is 4.35. The fourth-order valence-corrected chi connectivity index (χ4v) is 2.56. The number of hydrogen-bond donors (Lipinski definition) is 2. The highest BCUT2D eigenvalue weighted by atomic mass is 16.6. The summed E-state index contributed by atoms with van der Waals surface area (Å²) >= 11 is 0. The Morgan fingerprint density at radius 1 is 0.784 bits per heavy atom. The van der Waals surface area contributed by atoms with Crippen molar-refractivity contribution >= 4 is 34.8 Å². The van der Waals surface area contributed by atoms with E-state index in [1.165, 1.54) is 12.1 Å². The molecule has 206 valence electrons. The van der Waals surface area contributed by atoms with Gasteiger partial charge in [0.05, 0.1) is 75.2 Å². The van der Waals surface area contributed by atoms with Gasteiger partial charge in [-0.1, -0.05) is 0 Å². The number of carbonyl (C=O) groups is 3. The van der Waals surface area contributed by atoms with Crippen LogP contribution in [0.4, 0.5) is 17.1 Å². The van der Waals surface area contributed by atoms with Gasteiger partial charge in [0.2, 0.25) is 5.78 Å². The lowest BCUT2D eigenvalue weighted by Gasteiger charge is -2.09. The van der Waals surface area contributed by atoms with E-state index in [1.54, 1.807) is 0 Å². The number of carbonyl (C=O) groups excluding carboxylic acids is 2. The first kappa shape index (κ1) is 31.3. The van der Waals surface area contributed by atoms with Gasteiger partial charge in [0.15, 0.2) is 0 Å². The molecule has 0 spiro atoms. The summed E-state index contributed by atoms with van der Waals surface area (Å²) in [4.78, 5) is 52.9. The summed E-state index contributed by atoms with van der Waals surface area (Å²) in [5, 5.41) is 33.0. The van der Waals surface area contributed by atoms with Gasteiger partial charge in [-0.25, -0.2) is 4.79 Å². The molecule has 0 aromatic heterocycles. The molecule has 0 amide bonds. The summed E-state index contributed by atoms with van der Waals surface area (Å²) < 4.78 is 26.0. The molecule has 1 aromatic carbocycles. The number of nitrogens with one attached hydrogen (secondary N) is 1. The summed E-state index contributed by atoms with van der Waals surface area (Å²) in [6, 6.07) is 3.34. The smallest absolute Gasteiger partial charge is 0.372 e. The van der Waals surface area contributed by atoms with E-state index in [1.807, 2.05) is 0 Å². The number of nitro benzene ring substituents is 2. The zero-order chi connectivity index (χ0) is 27.5. The van der Waals surface area contributed by atoms with Crippen LogP contribution in [0.3, 0.4) is 0 Å². The van der Waals surface area contributed by atoms with Crippen LogP contribution in [0, 0.1) is 20.2 Å². The maximum Gasteiger partial charge on any atom is 0.372 e. The van der Waals surface area contributed by atoms with Crippen LogP contribution in [-0.4, -0.2) is 98.7 Å². The van der Waals surface area contributed by atoms with E-state index in [9.17, 15) is 34.6 Å². The van der Waals surface area contributed by atoms with Crippen LogP contribution < -0.4 is 5.32 Å². The molecule has 0 aliphatic carbocycles. The number of esters is 1. The molecular weight excluding hydrogens is 502 g/mol. The van der Waals surface area contributed by atoms with Gasteiger partial charge in [0, 0.05) is 19.0 Å². The van der Waals surface area contributed by atoms with Crippen molar-refractivity contribution in [1.29, 1.82) is 0 Å². The number of non-ortho nitro benzene ring substituents is 1. The number of anilines is 1. The third kappa shape index (κ3) is 14.4. The number of ether oxygens (including phenoxy) is 5. The van der Waals surface area contributed by atoms with Crippen molar-refractivity contribution < 1.29 is 53.0 Å². The zero-order valence-electron chi connectivity index (χ0n) is 20.0. The van der Waals surface area contributed by atoms with Crippen LogP contribution >= 0.6 is 0 Å². The molecule has 0 fully saturated rings. The lowest BCUT2D eigenvalue weighted by molar-refractivity contribution is -0.393. The molecule has 1 rings (SSSR count). The first-order valence-electron chi connectivity index (χ1n) is 11.1. The van der Waals surface area contributed by atoms with Crippen molar-refractivity contribution in [3.05, 3.63) is 38.4 Å². The standard InChI is InChI=1S/C21H29N3O13/c25-19(21(27)28)3-4-20(26)37-14-13-36-12-11-35-10-9-34-8-7-33-6-5-22-17-2-1-16(23(29)30)15-18(17)24(31)32/h1-2,15,22H,3-14H2,(H,27,28). The van der Waals surface area contributed by atoms with E-state index in [0.717, 1.165) is 6.07 Å². The first-order chi connectivity index (χ1) is 17.7. The Kier molecular flexibility index (Phi) is 15.7. The summed E-state index contributed by atoms with van der Waals surface area (Å²) in [6.45, 7) is 2.39. The number of carboxylic acids is 1. The molecule has 0 aliphatic heterocycles. The number of carboxylic acid groups (broad SMARTS) is 1. The molecule has 16 nitrogen and oxygen atoms in total. The highest BCUT2D eigenvalue weighted by molar-refractivity contribution is 6.32. The number of nitrogens with zero attached hydrogens (tertiary/aromatic N) is 2. The minimum Gasteiger partial charge on any atom is -0.476 e. The van der Waals surface area contributed by atoms with Crippen LogP contribution in [-0.2, 0) is 38.1 Å². The Morgan fingerprint density at radius 2 is 1.32 bits per heavy atom. The Bertz CT molecular complexity index is 910. The van der Waals surface area contributed by atoms with E-state index < -0.39 is 39.7 Å². The maximum absolute atomic E-state index is 11.3. The largest absolute Gasteiger partial charge is 0.476 e. The number of aliphatic carboxylic acids is 1. The monoisotopic (exact) mass is 531 g/mol. The molecule has 1 aromatic rings. The van der Waals surface area contributed by atoms with Gasteiger partial charge in [-0.2, -0.15) is 0 Å². The van der Waals surface area contributed by atoms with E-state index in [2.05, 4.69) is 5.32 Å². The molecule has 0 aliphatic rings. The van der Waals surface area contributed by atoms with Crippen LogP contribution in [0.5, 0.6) is 0 Å². The molecule has 16 heteroatoms. The van der Waals surface area contributed by atoms with E-state index >= 15 is 0 Å². The van der Waals surface area contributed by atoms with E-state index in [4.69, 9.17) is 28.8 Å². The molecule has 0 bridgehead atoms. The number of nitro groups is 2. The Hall–Kier alpha value is -3.73. The first-order valence-corrected chi connectivity index (χ1v) is 11.1. The third-order valence-electron chi connectivity index (χ3n) is 4.35. The molecule has 0 saturated carbocycles. The van der Waals surface area contributed by atoms with Crippen LogP contribution in [0.2, 0.25) is 0 Å². The van der Waals surface area contributed by atoms with Crippen molar-refractivity contribution in [2.24, 2.45) is 0 Å². The van der Waals surface area contributed by atoms with E-state index in [0.29, 0.717) is 26.4 Å². The highest BCUT2D eigenvalue weighted by Crippen LogP contribution is 2.28. The van der Waals surface area contributed by atoms with Crippen LogP contribution in [0.25, 0.3) is 0 Å². The van der Waals surface area contributed by atoms with Gasteiger partial charge in [-0.05, 0) is 6.07 Å². The van der Waals surface area contributed by atoms with Crippen molar-refractivity contribution in [2.45, 2.75) is 12.8 Å². The maximum atomic E-state index is 11.3. The second-order valence-corrected chi connectivity index (χ2v) is 7.04. The minimum atomic E-state index is -1.59. The van der Waals surface area contributed by atoms with Gasteiger partial charge in [0.1, 0.15) is 12.3 Å². The number of Topliss-reactive ketones (excluding diaryl/α,β-unsaturated/α-hetero) is 1. The van der Waals surface area contributed by atoms with E-state index in [-0.39, 0.29) is 57.4 Å². The van der Waals surface area contributed by atoms with Crippen molar-refractivity contribution in [3.63, 3.8) is 0 Å². The molecule has 0 saturated heterocycles. The van der Waals surface area contributed by atoms with Crippen molar-refractivity contribution in [1.82, 2.24) is 0 Å². The Balaban J connectivity index is 1.93. The fourth-order valence-electron chi connectivity index (χ4n) is 2.56. The van der Waals surface area contributed by atoms with Gasteiger partial charge in [-0.3, -0.25) is 29.8 Å². The average molecular weight is 531 g/mol. The molecule has 0 heterocycles. The average Bonchev–Trinajstić information content (AvgIpc) is 2.86. The van der Waals surface area contributed by atoms with Crippen LogP contribution in [0.1, 0.15) is 12.8 Å². The summed E-state index contributed by atoms with van der Waals surface area (Å²) in [7, 11) is 0. The second kappa shape index (κ2) is 18.5. The Morgan fingerprint density at radius 3 is 1.84 bits per heavy atom. The predicted molar refractivity (Wildman–Crippen MR) is 124 cm³/mol. The molecule has 2 N–H and O–H groups in total. The molecule has 0 unspecified atom stereocenters. The summed E-state index contributed by atoms with van der Waals surface area (Å²) in [5.41, 5.74) is -0.605. The molecule has 0 radical (unpaired) electrons. The van der Waals surface area contributed by atoms with Crippen molar-refractivity contribution in [2.75, 3.05) is 71.3 Å². The molecule has 0 atom stereocenters. The lowest BCUT2D eigenvalue weighted by atomic mass is 10.2. The Labute approximate surface area is 211 Å². The predicted octanol–water partition coefficient (Wildman–Crippen LogP) is 0.958. The van der Waals surface area contributed by atoms with Gasteiger partial charge in [-0.15, -0.1) is 0 Å². The molecular formula is C21H29N3O13. The van der Waals surface area contributed by atoms with Gasteiger partial charge >= 0.3 is 11.9 Å². The number of hydrogen-bond acceptors (Lipinski definition) is 13. The van der Waals surface area contributed by atoms with Gasteiger partial charge in [0.25, 0.3) is 11.4 Å². The minimum absolute atomic E-state index is 0.0243. The topological polar surface area (TPSA) is 216 Å². The zero-order valence-corrected chi connectivity index (χ0v) is 20.0. The fraction of sp³-hybridized carbons (Fsp3) is 0.571. The number of benzene rings is 1. The molecule has 37 heavy (non-hydrogen) atoms. The quantitative estimate of drug-likeness (QED) is 0.0700. The summed E-state index contributed by atoms with van der Waals surface area (Å²) in [5.74, 6) is -3.32. The SMILES string of the molecule is O=C(CCC(=O)C(=O)O)OCCOCCOCCOCCOCCNc1ccc([N+](=O)[O-])cc1[N+](=O)[O-]. The normalized spacial score (nSPS) is 10.6. The second-order valence-electron chi connectivity index (χ2n) is 7.04.